The van der Waals surface area contributed by atoms with Crippen LogP contribution in [0, 0.1) is 11.8 Å². The van der Waals surface area contributed by atoms with Crippen LogP contribution in [0.5, 0.6) is 0 Å². The predicted molar refractivity (Wildman–Crippen MR) is 69.8 cm³/mol. The first-order chi connectivity index (χ1) is 9.68. The summed E-state index contributed by atoms with van der Waals surface area (Å²) in [5.74, 6) is -3.72. The lowest BCUT2D eigenvalue weighted by atomic mass is 9.70. The second kappa shape index (κ2) is 4.03. The molecular weight excluding hydrogens is 300 g/mol. The Morgan fingerprint density at radius 2 is 2.29 bits per heavy atom. The molecule has 0 aromatic carbocycles. The summed E-state index contributed by atoms with van der Waals surface area (Å²) in [6, 6.07) is 0. The van der Waals surface area contributed by atoms with E-state index in [2.05, 4.69) is 10.3 Å². The molecule has 0 amide bonds. The normalized spacial score (nSPS) is 37.0. The molecule has 1 aliphatic carbocycles. The van der Waals surface area contributed by atoms with Crippen LogP contribution in [0.15, 0.2) is 6.20 Å². The third-order valence-electron chi connectivity index (χ3n) is 4.54. The first kappa shape index (κ1) is 14.0. The van der Waals surface area contributed by atoms with Crippen LogP contribution in [0.1, 0.15) is 13.3 Å². The van der Waals surface area contributed by atoms with Gasteiger partial charge < -0.3 is 10.8 Å². The van der Waals surface area contributed by atoms with E-state index >= 15 is 0 Å². The minimum absolute atomic E-state index is 0.105. The maximum absolute atomic E-state index is 12.6. The Hall–Kier alpha value is -1.97. The maximum Gasteiger partial charge on any atom is 0.308 e. The molecule has 2 heterocycles. The highest BCUT2D eigenvalue weighted by Crippen LogP contribution is 2.54. The topological polar surface area (TPSA) is 145 Å². The number of carbonyl (C=O) groups is 2. The Morgan fingerprint density at radius 1 is 1.62 bits per heavy atom. The summed E-state index contributed by atoms with van der Waals surface area (Å²) in [7, 11) is -3.77. The monoisotopic (exact) mass is 314 g/mol. The van der Waals surface area contributed by atoms with Crippen molar-refractivity contribution in [2.75, 3.05) is 5.73 Å². The molecule has 114 valence electrons. The van der Waals surface area contributed by atoms with Gasteiger partial charge in [0, 0.05) is 12.3 Å². The van der Waals surface area contributed by atoms with Gasteiger partial charge in [0.05, 0.1) is 23.9 Å². The van der Waals surface area contributed by atoms with Crippen molar-refractivity contribution in [2.24, 2.45) is 11.8 Å². The zero-order valence-electron chi connectivity index (χ0n) is 11.1. The molecule has 9 nitrogen and oxygen atoms in total. The average Bonchev–Trinajstić information content (AvgIpc) is 2.81. The van der Waals surface area contributed by atoms with Crippen LogP contribution in [-0.2, 0) is 26.0 Å². The summed E-state index contributed by atoms with van der Waals surface area (Å²) in [6.45, 7) is 1.15. The molecular formula is C11H14N4O5S. The molecule has 1 saturated heterocycles. The zero-order valence-corrected chi connectivity index (χ0v) is 11.9. The fourth-order valence-electron chi connectivity index (χ4n) is 3.43. The van der Waals surface area contributed by atoms with Gasteiger partial charge in [-0.25, -0.2) is 13.1 Å². The summed E-state index contributed by atoms with van der Waals surface area (Å²) in [5, 5.41) is 15.7. The number of carboxylic acids is 1. The Morgan fingerprint density at radius 3 is 2.76 bits per heavy atom. The molecule has 2 unspecified atom stereocenters. The van der Waals surface area contributed by atoms with Gasteiger partial charge in [-0.3, -0.25) is 9.59 Å². The van der Waals surface area contributed by atoms with Crippen LogP contribution >= 0.6 is 0 Å². The fraction of sp³-hybridized carbons (Fsp3) is 0.636. The van der Waals surface area contributed by atoms with Gasteiger partial charge in [-0.05, 0) is 6.92 Å². The van der Waals surface area contributed by atoms with Crippen LogP contribution < -0.4 is 5.73 Å². The molecule has 3 rings (SSSR count). The van der Waals surface area contributed by atoms with Crippen LogP contribution in [0.4, 0.5) is 5.82 Å². The molecule has 0 spiro atoms. The van der Waals surface area contributed by atoms with E-state index in [1.807, 2.05) is 0 Å². The number of fused-ring (bicyclic) bond motifs is 1. The Balaban J connectivity index is 2.08. The number of anilines is 1. The second-order valence-electron chi connectivity index (χ2n) is 5.75. The molecule has 10 heteroatoms. The number of sulfone groups is 1. The lowest BCUT2D eigenvalue weighted by Crippen LogP contribution is -2.46. The number of ketones is 1. The minimum atomic E-state index is -3.77. The molecule has 0 radical (unpaired) electrons. The number of aromatic nitrogens is 3. The van der Waals surface area contributed by atoms with Gasteiger partial charge in [0.1, 0.15) is 10.5 Å². The maximum atomic E-state index is 12.6. The molecule has 21 heavy (non-hydrogen) atoms. The standard InChI is InChI=1S/C11H14N4O5S/c1-11(4-15-3-7(12)13-14-15)9(10(17)18)8-5(16)2-6(8)21(11,19)20/h3,6,8-9H,2,4,12H2,1H3,(H,17,18)/t6?,8?,9-,11-/m0/s1. The van der Waals surface area contributed by atoms with Gasteiger partial charge >= 0.3 is 5.97 Å². The van der Waals surface area contributed by atoms with Crippen LogP contribution in [0.25, 0.3) is 0 Å². The number of nitrogens with two attached hydrogens (primary N) is 1. The molecule has 3 N–H and O–H groups in total. The first-order valence-corrected chi connectivity index (χ1v) is 7.87. The number of rotatable bonds is 3. The van der Waals surface area contributed by atoms with Gasteiger partial charge in [0.25, 0.3) is 0 Å². The van der Waals surface area contributed by atoms with Crippen molar-refractivity contribution in [3.8, 4) is 0 Å². The van der Waals surface area contributed by atoms with Crippen molar-refractivity contribution in [3.05, 3.63) is 6.20 Å². The van der Waals surface area contributed by atoms with Gasteiger partial charge in [-0.15, -0.1) is 5.10 Å². The summed E-state index contributed by atoms with van der Waals surface area (Å²) in [4.78, 5) is 23.2. The quantitative estimate of drug-likeness (QED) is 0.700. The lowest BCUT2D eigenvalue weighted by Gasteiger charge is -2.29. The van der Waals surface area contributed by atoms with E-state index in [9.17, 15) is 23.1 Å². The van der Waals surface area contributed by atoms with Crippen molar-refractivity contribution < 1.29 is 23.1 Å². The third kappa shape index (κ3) is 1.65. The van der Waals surface area contributed by atoms with Gasteiger partial charge in [-0.1, -0.05) is 5.21 Å². The van der Waals surface area contributed by atoms with E-state index in [0.717, 1.165) is 0 Å². The molecule has 2 fully saturated rings. The lowest BCUT2D eigenvalue weighted by molar-refractivity contribution is -0.150. The molecule has 1 aliphatic heterocycles. The van der Waals surface area contributed by atoms with E-state index in [-0.39, 0.29) is 24.6 Å². The molecule has 1 aromatic rings. The first-order valence-electron chi connectivity index (χ1n) is 6.33. The Kier molecular flexibility index (Phi) is 2.68. The molecule has 1 saturated carbocycles. The highest BCUT2D eigenvalue weighted by molar-refractivity contribution is 7.94. The summed E-state index contributed by atoms with van der Waals surface area (Å²) >= 11 is 0. The number of carbonyl (C=O) groups excluding carboxylic acids is 1. The third-order valence-corrected chi connectivity index (χ3v) is 7.48. The smallest absolute Gasteiger partial charge is 0.308 e. The van der Waals surface area contributed by atoms with Crippen LogP contribution in [0.2, 0.25) is 0 Å². The van der Waals surface area contributed by atoms with Crippen LogP contribution in [0.3, 0.4) is 0 Å². The number of hydrogen-bond acceptors (Lipinski definition) is 7. The SMILES string of the molecule is C[C@]1(Cn2cc(N)nn2)[C@H](C(=O)O)C2C(=O)CC2S1(=O)=O. The highest BCUT2D eigenvalue weighted by Gasteiger charge is 2.71. The molecule has 1 aromatic heterocycles. The number of nitrogen functional groups attached to an aromatic ring is 1. The van der Waals surface area contributed by atoms with E-state index in [0.29, 0.717) is 0 Å². The highest BCUT2D eigenvalue weighted by atomic mass is 32.2. The number of nitrogens with zero attached hydrogens (tertiary/aromatic N) is 3. The van der Waals surface area contributed by atoms with Crippen molar-refractivity contribution in [3.63, 3.8) is 0 Å². The van der Waals surface area contributed by atoms with E-state index in [1.54, 1.807) is 0 Å². The molecule has 0 bridgehead atoms. The minimum Gasteiger partial charge on any atom is -0.481 e. The number of hydrogen-bond donors (Lipinski definition) is 2. The van der Waals surface area contributed by atoms with Crippen molar-refractivity contribution >= 4 is 27.4 Å². The Bertz CT molecular complexity index is 742. The average molecular weight is 314 g/mol. The van der Waals surface area contributed by atoms with Gasteiger partial charge in [0.2, 0.25) is 0 Å². The predicted octanol–water partition coefficient (Wildman–Crippen LogP) is -1.29. The fourth-order valence-corrected chi connectivity index (χ4v) is 6.11. The molecule has 2 aliphatic rings. The van der Waals surface area contributed by atoms with Crippen molar-refractivity contribution in [1.82, 2.24) is 15.0 Å². The number of Topliss-reactive ketones (excluding diaryl/α,β-unsaturated/α-hetero) is 1. The Labute approximate surface area is 120 Å². The summed E-state index contributed by atoms with van der Waals surface area (Å²) < 4.78 is 24.9. The van der Waals surface area contributed by atoms with E-state index in [1.165, 1.54) is 17.8 Å². The summed E-state index contributed by atoms with van der Waals surface area (Å²) in [5.41, 5.74) is 5.43. The van der Waals surface area contributed by atoms with E-state index < -0.39 is 37.6 Å². The largest absolute Gasteiger partial charge is 0.481 e. The second-order valence-corrected chi connectivity index (χ2v) is 8.38. The zero-order chi connectivity index (χ0) is 15.6. The van der Waals surface area contributed by atoms with E-state index in [4.69, 9.17) is 5.73 Å². The molecule has 4 atom stereocenters. The number of aliphatic carboxylic acids is 1. The van der Waals surface area contributed by atoms with Crippen molar-refractivity contribution in [1.29, 1.82) is 0 Å². The summed E-state index contributed by atoms with van der Waals surface area (Å²) in [6.07, 6.45) is 1.23. The van der Waals surface area contributed by atoms with Crippen molar-refractivity contribution in [2.45, 2.75) is 29.9 Å². The van der Waals surface area contributed by atoms with Gasteiger partial charge in [0.15, 0.2) is 15.7 Å². The van der Waals surface area contributed by atoms with Crippen LogP contribution in [-0.4, -0.2) is 50.3 Å². The number of carboxylic acid groups (broad SMARTS) is 1. The van der Waals surface area contributed by atoms with Gasteiger partial charge in [-0.2, -0.15) is 0 Å².